The zero-order valence-corrected chi connectivity index (χ0v) is 20.3. The van der Waals surface area contributed by atoms with E-state index in [-0.39, 0.29) is 0 Å². The van der Waals surface area contributed by atoms with E-state index in [0.717, 1.165) is 68.1 Å². The van der Waals surface area contributed by atoms with Crippen molar-refractivity contribution < 1.29 is 0 Å². The van der Waals surface area contributed by atoms with E-state index in [1.807, 2.05) is 49.5 Å². The van der Waals surface area contributed by atoms with Gasteiger partial charge >= 0.3 is 0 Å². The van der Waals surface area contributed by atoms with Crippen LogP contribution in [0, 0.1) is 0 Å². The molecule has 4 rings (SSSR count). The summed E-state index contributed by atoms with van der Waals surface area (Å²) >= 11 is 0. The maximum Gasteiger partial charge on any atom is 0.229 e. The number of pyridine rings is 1. The van der Waals surface area contributed by atoms with E-state index in [1.165, 1.54) is 18.4 Å². The van der Waals surface area contributed by atoms with E-state index in [9.17, 15) is 0 Å². The lowest BCUT2D eigenvalue weighted by atomic mass is 10.1. The number of nitrogens with zero attached hydrogens (tertiary/aromatic N) is 6. The molecule has 0 spiro atoms. The molecule has 0 saturated carbocycles. The van der Waals surface area contributed by atoms with Gasteiger partial charge in [0.2, 0.25) is 5.95 Å². The van der Waals surface area contributed by atoms with Crippen LogP contribution in [-0.4, -0.2) is 55.2 Å². The molecule has 1 N–H and O–H groups in total. The minimum absolute atomic E-state index is 0.758. The van der Waals surface area contributed by atoms with Gasteiger partial charge in [0.05, 0.1) is 0 Å². The molecule has 0 atom stereocenters. The molecule has 7 nitrogen and oxygen atoms in total. The molecule has 1 aliphatic rings. The molecule has 34 heavy (non-hydrogen) atoms. The van der Waals surface area contributed by atoms with E-state index in [1.54, 1.807) is 0 Å². The predicted octanol–water partition coefficient (Wildman–Crippen LogP) is 4.91. The number of aryl methyl sites for hydroxylation is 1. The molecular weight excluding hydrogens is 422 g/mol. The maximum absolute atomic E-state index is 4.86. The van der Waals surface area contributed by atoms with Crippen molar-refractivity contribution in [2.45, 2.75) is 25.7 Å². The minimum Gasteiger partial charge on any atom is -0.363 e. The van der Waals surface area contributed by atoms with Gasteiger partial charge in [0, 0.05) is 58.2 Å². The summed E-state index contributed by atoms with van der Waals surface area (Å²) in [7, 11) is 4.02. The summed E-state index contributed by atoms with van der Waals surface area (Å²) in [4.78, 5) is 20.7. The average molecular weight is 458 g/mol. The van der Waals surface area contributed by atoms with Crippen molar-refractivity contribution >= 4 is 29.1 Å². The van der Waals surface area contributed by atoms with Crippen molar-refractivity contribution in [3.8, 4) is 0 Å². The van der Waals surface area contributed by atoms with Crippen LogP contribution >= 0.6 is 0 Å². The Morgan fingerprint density at radius 2 is 1.74 bits per heavy atom. The van der Waals surface area contributed by atoms with Crippen LogP contribution < -0.4 is 20.0 Å². The number of unbranched alkanes of at least 4 members (excludes halogenated alkanes) is 2. The fourth-order valence-electron chi connectivity index (χ4n) is 4.05. The Hall–Kier alpha value is -3.61. The lowest BCUT2D eigenvalue weighted by Crippen LogP contribution is -2.47. The highest BCUT2D eigenvalue weighted by molar-refractivity contribution is 5.62. The largest absolute Gasteiger partial charge is 0.363 e. The van der Waals surface area contributed by atoms with E-state index >= 15 is 0 Å². The molecule has 0 bridgehead atoms. The molecule has 3 heterocycles. The van der Waals surface area contributed by atoms with Crippen LogP contribution in [0.25, 0.3) is 0 Å². The molecule has 7 heteroatoms. The first-order valence-corrected chi connectivity index (χ1v) is 12.1. The van der Waals surface area contributed by atoms with Crippen molar-refractivity contribution in [3.05, 3.63) is 72.9 Å². The van der Waals surface area contributed by atoms with Gasteiger partial charge in [0.1, 0.15) is 17.5 Å². The highest BCUT2D eigenvalue weighted by Crippen LogP contribution is 2.24. The van der Waals surface area contributed by atoms with Gasteiger partial charge in [-0.2, -0.15) is 9.97 Å². The fourth-order valence-corrected chi connectivity index (χ4v) is 4.05. The predicted molar refractivity (Wildman–Crippen MR) is 142 cm³/mol. The van der Waals surface area contributed by atoms with Gasteiger partial charge < -0.3 is 20.0 Å². The fraction of sp³-hybridized carbons (Fsp3) is 0.370. The first kappa shape index (κ1) is 23.5. The number of allylic oxidation sites excluding steroid dienone is 1. The number of anilines is 5. The zero-order valence-electron chi connectivity index (χ0n) is 20.3. The molecule has 2 aromatic heterocycles. The Morgan fingerprint density at radius 3 is 2.41 bits per heavy atom. The van der Waals surface area contributed by atoms with Gasteiger partial charge in [-0.1, -0.05) is 24.3 Å². The van der Waals surface area contributed by atoms with E-state index in [2.05, 4.69) is 57.0 Å². The zero-order chi connectivity index (χ0) is 23.8. The van der Waals surface area contributed by atoms with Crippen molar-refractivity contribution in [1.82, 2.24) is 15.0 Å². The Kier molecular flexibility index (Phi) is 7.96. The van der Waals surface area contributed by atoms with E-state index in [0.29, 0.717) is 0 Å². The lowest BCUT2D eigenvalue weighted by molar-refractivity contribution is 0.635. The molecule has 0 amide bonds. The minimum atomic E-state index is 0.758. The van der Waals surface area contributed by atoms with Gasteiger partial charge in [0.15, 0.2) is 0 Å². The number of nitrogens with one attached hydrogen (secondary N) is 1. The van der Waals surface area contributed by atoms with Gasteiger partial charge in [0.25, 0.3) is 0 Å². The third-order valence-electron chi connectivity index (χ3n) is 6.04. The molecule has 1 aliphatic heterocycles. The SMILES string of the molecule is C=CCCCCc1ccc(Nc2cc(N(C)C)nc(N3CCN(c4ccccn4)CC3)n2)cc1. The summed E-state index contributed by atoms with van der Waals surface area (Å²) < 4.78 is 0. The number of benzene rings is 1. The first-order chi connectivity index (χ1) is 16.6. The molecule has 1 fully saturated rings. The smallest absolute Gasteiger partial charge is 0.229 e. The Labute approximate surface area is 203 Å². The summed E-state index contributed by atoms with van der Waals surface area (Å²) in [5.74, 6) is 3.47. The maximum atomic E-state index is 4.86. The van der Waals surface area contributed by atoms with Gasteiger partial charge in [-0.15, -0.1) is 6.58 Å². The molecule has 0 unspecified atom stereocenters. The number of aromatic nitrogens is 3. The molecule has 0 radical (unpaired) electrons. The van der Waals surface area contributed by atoms with Crippen LogP contribution in [0.15, 0.2) is 67.4 Å². The normalized spacial score (nSPS) is 13.6. The third kappa shape index (κ3) is 6.25. The highest BCUT2D eigenvalue weighted by atomic mass is 15.3. The molecule has 178 valence electrons. The topological polar surface area (TPSA) is 60.4 Å². The number of piperazine rings is 1. The molecule has 3 aromatic rings. The third-order valence-corrected chi connectivity index (χ3v) is 6.04. The van der Waals surface area contributed by atoms with Crippen molar-refractivity contribution in [2.75, 3.05) is 60.3 Å². The molecular formula is C27H35N7. The lowest BCUT2D eigenvalue weighted by Gasteiger charge is -2.35. The van der Waals surface area contributed by atoms with Crippen LogP contribution in [0.4, 0.5) is 29.1 Å². The van der Waals surface area contributed by atoms with Crippen LogP contribution in [0.3, 0.4) is 0 Å². The van der Waals surface area contributed by atoms with Gasteiger partial charge in [-0.05, 0) is 55.5 Å². The van der Waals surface area contributed by atoms with E-state index < -0.39 is 0 Å². The first-order valence-electron chi connectivity index (χ1n) is 12.1. The number of hydrogen-bond donors (Lipinski definition) is 1. The highest BCUT2D eigenvalue weighted by Gasteiger charge is 2.21. The van der Waals surface area contributed by atoms with Gasteiger partial charge in [-0.3, -0.25) is 0 Å². The standard InChI is InChI=1S/C27H35N7/c1-4-5-6-7-10-22-12-14-23(15-13-22)29-24-21-26(32(2)3)31-27(30-24)34-19-17-33(18-20-34)25-11-8-9-16-28-25/h4,8-9,11-16,21H,1,5-7,10,17-20H2,2-3H3,(H,29,30,31). The average Bonchev–Trinajstić information content (AvgIpc) is 2.88. The Balaban J connectivity index is 1.42. The number of hydrogen-bond acceptors (Lipinski definition) is 7. The van der Waals surface area contributed by atoms with Crippen LogP contribution in [0.1, 0.15) is 24.8 Å². The molecule has 1 saturated heterocycles. The molecule has 1 aromatic carbocycles. The van der Waals surface area contributed by atoms with E-state index in [4.69, 9.17) is 9.97 Å². The summed E-state index contributed by atoms with van der Waals surface area (Å²) in [6.07, 6.45) is 8.40. The van der Waals surface area contributed by atoms with Crippen LogP contribution in [0.5, 0.6) is 0 Å². The summed E-state index contributed by atoms with van der Waals surface area (Å²) in [6.45, 7) is 7.29. The monoisotopic (exact) mass is 457 g/mol. The summed E-state index contributed by atoms with van der Waals surface area (Å²) in [5.41, 5.74) is 2.39. The second-order valence-corrected chi connectivity index (χ2v) is 8.82. The van der Waals surface area contributed by atoms with Crippen molar-refractivity contribution in [2.24, 2.45) is 0 Å². The number of rotatable bonds is 10. The Morgan fingerprint density at radius 1 is 0.971 bits per heavy atom. The second-order valence-electron chi connectivity index (χ2n) is 8.82. The van der Waals surface area contributed by atoms with Crippen LogP contribution in [0.2, 0.25) is 0 Å². The van der Waals surface area contributed by atoms with Crippen LogP contribution in [-0.2, 0) is 6.42 Å². The van der Waals surface area contributed by atoms with Crippen molar-refractivity contribution in [1.29, 1.82) is 0 Å². The Bertz CT molecular complexity index is 1040. The molecule has 0 aliphatic carbocycles. The van der Waals surface area contributed by atoms with Crippen molar-refractivity contribution in [3.63, 3.8) is 0 Å². The quantitative estimate of drug-likeness (QED) is 0.343. The summed E-state index contributed by atoms with van der Waals surface area (Å²) in [6, 6.07) is 16.7. The summed E-state index contributed by atoms with van der Waals surface area (Å²) in [5, 5.41) is 3.48. The second kappa shape index (κ2) is 11.5. The van der Waals surface area contributed by atoms with Gasteiger partial charge in [-0.25, -0.2) is 4.98 Å².